The Morgan fingerprint density at radius 1 is 1.05 bits per heavy atom. The third kappa shape index (κ3) is 2.54. The van der Waals surface area contributed by atoms with Gasteiger partial charge in [-0.05, 0) is 42.2 Å². The van der Waals surface area contributed by atoms with Gasteiger partial charge in [-0.15, -0.1) is 0 Å². The molecular formula is C17H14FNS. The lowest BCUT2D eigenvalue weighted by molar-refractivity contribution is 0.628. The number of thioether (sulfide) groups is 1. The third-order valence-corrected chi connectivity index (χ3v) is 4.20. The lowest BCUT2D eigenvalue weighted by Gasteiger charge is -2.09. The van der Waals surface area contributed by atoms with E-state index in [1.54, 1.807) is 23.9 Å². The second-order valence-corrected chi connectivity index (χ2v) is 5.46. The molecule has 0 aromatic heterocycles. The first-order chi connectivity index (χ1) is 9.78. The van der Waals surface area contributed by atoms with Crippen molar-refractivity contribution in [1.82, 2.24) is 0 Å². The lowest BCUT2D eigenvalue weighted by Crippen LogP contribution is -2.04. The molecule has 0 amide bonds. The first kappa shape index (κ1) is 13.1. The van der Waals surface area contributed by atoms with Crippen molar-refractivity contribution in [2.24, 2.45) is 4.99 Å². The van der Waals surface area contributed by atoms with Crippen LogP contribution < -0.4 is 0 Å². The van der Waals surface area contributed by atoms with Gasteiger partial charge in [-0.1, -0.05) is 36.9 Å². The smallest absolute Gasteiger partial charge is 0.123 e. The van der Waals surface area contributed by atoms with E-state index in [1.165, 1.54) is 17.0 Å². The molecule has 0 N–H and O–H groups in total. The molecule has 0 aliphatic carbocycles. The number of benzene rings is 2. The van der Waals surface area contributed by atoms with Crippen LogP contribution in [0.25, 0.3) is 0 Å². The topological polar surface area (TPSA) is 12.4 Å². The normalized spacial score (nSPS) is 14.1. The van der Waals surface area contributed by atoms with Crippen LogP contribution in [0.1, 0.15) is 24.5 Å². The highest BCUT2D eigenvalue weighted by Crippen LogP contribution is 2.31. The minimum Gasteiger partial charge on any atom is -0.252 e. The van der Waals surface area contributed by atoms with Gasteiger partial charge in [0.25, 0.3) is 0 Å². The van der Waals surface area contributed by atoms with E-state index in [0.717, 1.165) is 29.0 Å². The number of rotatable bonds is 2. The van der Waals surface area contributed by atoms with Crippen molar-refractivity contribution in [1.29, 1.82) is 0 Å². The summed E-state index contributed by atoms with van der Waals surface area (Å²) in [6.45, 7) is 2.09. The Labute approximate surface area is 122 Å². The molecule has 2 aromatic carbocycles. The van der Waals surface area contributed by atoms with Crippen LogP contribution in [-0.4, -0.2) is 5.71 Å². The van der Waals surface area contributed by atoms with E-state index < -0.39 is 0 Å². The third-order valence-electron chi connectivity index (χ3n) is 3.20. The molecule has 0 spiro atoms. The predicted molar refractivity (Wildman–Crippen MR) is 82.7 cm³/mol. The number of hydrogen-bond acceptors (Lipinski definition) is 2. The molecule has 0 radical (unpaired) electrons. The van der Waals surface area contributed by atoms with Crippen LogP contribution in [0, 0.1) is 5.82 Å². The molecule has 1 aliphatic rings. The van der Waals surface area contributed by atoms with Gasteiger partial charge in [0.1, 0.15) is 5.82 Å². The maximum Gasteiger partial charge on any atom is 0.123 e. The van der Waals surface area contributed by atoms with Gasteiger partial charge in [-0.25, -0.2) is 4.39 Å². The van der Waals surface area contributed by atoms with E-state index in [0.29, 0.717) is 0 Å². The lowest BCUT2D eigenvalue weighted by atomic mass is 10.0. The van der Waals surface area contributed by atoms with Crippen molar-refractivity contribution in [3.8, 4) is 0 Å². The average molecular weight is 283 g/mol. The van der Waals surface area contributed by atoms with Crippen molar-refractivity contribution >= 4 is 17.5 Å². The van der Waals surface area contributed by atoms with Crippen LogP contribution in [0.3, 0.4) is 0 Å². The van der Waals surface area contributed by atoms with Crippen LogP contribution in [-0.2, 0) is 0 Å². The molecule has 3 heteroatoms. The van der Waals surface area contributed by atoms with E-state index >= 15 is 0 Å². The molecule has 1 nitrogen and oxygen atoms in total. The van der Waals surface area contributed by atoms with Gasteiger partial charge < -0.3 is 0 Å². The summed E-state index contributed by atoms with van der Waals surface area (Å²) in [5.41, 5.74) is 4.01. The summed E-state index contributed by atoms with van der Waals surface area (Å²) in [5.74, 6) is -0.225. The molecule has 2 aromatic rings. The summed E-state index contributed by atoms with van der Waals surface area (Å²) >= 11 is 1.69. The molecule has 0 fully saturated rings. The quantitative estimate of drug-likeness (QED) is 0.753. The summed E-state index contributed by atoms with van der Waals surface area (Å²) in [6, 6.07) is 14.7. The fourth-order valence-electron chi connectivity index (χ4n) is 2.12. The summed E-state index contributed by atoms with van der Waals surface area (Å²) < 4.78 is 13.1. The molecule has 1 aliphatic heterocycles. The molecule has 0 unspecified atom stereocenters. The minimum atomic E-state index is -0.225. The van der Waals surface area contributed by atoms with Crippen LogP contribution in [0.4, 0.5) is 4.39 Å². The molecule has 0 bridgehead atoms. The second-order valence-electron chi connectivity index (χ2n) is 4.54. The van der Waals surface area contributed by atoms with Crippen LogP contribution >= 0.6 is 11.8 Å². The van der Waals surface area contributed by atoms with Gasteiger partial charge in [-0.3, -0.25) is 4.99 Å². The van der Waals surface area contributed by atoms with Crippen molar-refractivity contribution in [3.63, 3.8) is 0 Å². The monoisotopic (exact) mass is 283 g/mol. The van der Waals surface area contributed by atoms with Crippen molar-refractivity contribution in [2.45, 2.75) is 18.2 Å². The summed E-state index contributed by atoms with van der Waals surface area (Å²) in [5, 5.41) is 2.09. The molecule has 0 saturated carbocycles. The zero-order valence-electron chi connectivity index (χ0n) is 11.1. The Morgan fingerprint density at radius 3 is 2.55 bits per heavy atom. The van der Waals surface area contributed by atoms with E-state index in [-0.39, 0.29) is 5.82 Å². The van der Waals surface area contributed by atoms with Crippen LogP contribution in [0.15, 0.2) is 69.5 Å². The number of fused-ring (bicyclic) bond motifs is 1. The Balaban J connectivity index is 2.17. The Hall–Kier alpha value is -1.87. The zero-order chi connectivity index (χ0) is 13.9. The fraction of sp³-hybridized carbons (Fsp3) is 0.118. The Bertz CT molecular complexity index is 686. The van der Waals surface area contributed by atoms with E-state index in [4.69, 9.17) is 4.99 Å². The largest absolute Gasteiger partial charge is 0.252 e. The first-order valence-corrected chi connectivity index (χ1v) is 7.45. The van der Waals surface area contributed by atoms with Gasteiger partial charge in [0.05, 0.1) is 5.71 Å². The summed E-state index contributed by atoms with van der Waals surface area (Å²) in [6.07, 6.45) is 0.881. The summed E-state index contributed by atoms with van der Waals surface area (Å²) in [7, 11) is 0. The summed E-state index contributed by atoms with van der Waals surface area (Å²) in [4.78, 5) is 5.95. The average Bonchev–Trinajstić information content (AvgIpc) is 2.68. The molecule has 100 valence electrons. The van der Waals surface area contributed by atoms with Gasteiger partial charge in [-0.2, -0.15) is 0 Å². The van der Waals surface area contributed by atoms with E-state index in [1.807, 2.05) is 12.1 Å². The number of allylic oxidation sites excluding steroid dienone is 1. The van der Waals surface area contributed by atoms with Crippen molar-refractivity contribution in [2.75, 3.05) is 0 Å². The standard InChI is InChI=1S/C17H14FNS/c1-2-14-11-20-16-6-4-3-5-15(16)17(19-14)12-7-9-13(18)10-8-12/h3-11H,2H2,1H3. The number of hydrogen-bond donors (Lipinski definition) is 0. The molecule has 1 heterocycles. The maximum absolute atomic E-state index is 13.1. The minimum absolute atomic E-state index is 0.225. The number of halogens is 1. The number of nitrogens with zero attached hydrogens (tertiary/aromatic N) is 1. The van der Waals surface area contributed by atoms with Crippen molar-refractivity contribution in [3.05, 3.63) is 76.6 Å². The molecular weight excluding hydrogens is 269 g/mol. The van der Waals surface area contributed by atoms with Crippen LogP contribution in [0.5, 0.6) is 0 Å². The fourth-order valence-corrected chi connectivity index (χ4v) is 3.05. The Kier molecular flexibility index (Phi) is 3.70. The van der Waals surface area contributed by atoms with Gasteiger partial charge in [0.15, 0.2) is 0 Å². The zero-order valence-corrected chi connectivity index (χ0v) is 12.0. The maximum atomic E-state index is 13.1. The molecule has 3 rings (SSSR count). The highest BCUT2D eigenvalue weighted by Gasteiger charge is 2.15. The van der Waals surface area contributed by atoms with Gasteiger partial charge in [0, 0.05) is 21.7 Å². The molecule has 0 saturated heterocycles. The van der Waals surface area contributed by atoms with Crippen molar-refractivity contribution < 1.29 is 4.39 Å². The van der Waals surface area contributed by atoms with E-state index in [2.05, 4.69) is 24.5 Å². The van der Waals surface area contributed by atoms with Gasteiger partial charge >= 0.3 is 0 Å². The highest BCUT2D eigenvalue weighted by atomic mass is 32.2. The number of aliphatic imine (C=N–C) groups is 1. The Morgan fingerprint density at radius 2 is 1.80 bits per heavy atom. The second kappa shape index (κ2) is 5.63. The first-order valence-electron chi connectivity index (χ1n) is 6.57. The highest BCUT2D eigenvalue weighted by molar-refractivity contribution is 8.02. The SMILES string of the molecule is CCC1=CSc2ccccc2C(c2ccc(F)cc2)=N1. The molecule has 20 heavy (non-hydrogen) atoms. The van der Waals surface area contributed by atoms with Crippen LogP contribution in [0.2, 0.25) is 0 Å². The van der Waals surface area contributed by atoms with E-state index in [9.17, 15) is 4.39 Å². The van der Waals surface area contributed by atoms with Gasteiger partial charge in [0.2, 0.25) is 0 Å². The predicted octanol–water partition coefficient (Wildman–Crippen LogP) is 5.02. The molecule has 0 atom stereocenters.